The van der Waals surface area contributed by atoms with Crippen LogP contribution in [-0.4, -0.2) is 20.7 Å². The molecule has 0 spiro atoms. The summed E-state index contributed by atoms with van der Waals surface area (Å²) in [6.07, 6.45) is -1.70. The van der Waals surface area contributed by atoms with Gasteiger partial charge in [0.2, 0.25) is 0 Å². The first-order chi connectivity index (χ1) is 12.6. The highest BCUT2D eigenvalue weighted by atomic mass is 79.9. The van der Waals surface area contributed by atoms with Crippen LogP contribution in [0.15, 0.2) is 47.2 Å². The third-order valence-electron chi connectivity index (χ3n) is 3.78. The summed E-state index contributed by atoms with van der Waals surface area (Å²) in [5.41, 5.74) is 1.12. The largest absolute Gasteiger partial charge is 0.416 e. The summed E-state index contributed by atoms with van der Waals surface area (Å²) in [6.45, 7) is 3.56. The van der Waals surface area contributed by atoms with Gasteiger partial charge in [-0.1, -0.05) is 0 Å². The van der Waals surface area contributed by atoms with Crippen molar-refractivity contribution in [1.29, 1.82) is 0 Å². The lowest BCUT2D eigenvalue weighted by molar-refractivity contribution is -0.137. The van der Waals surface area contributed by atoms with Crippen LogP contribution in [0, 0.1) is 13.8 Å². The van der Waals surface area contributed by atoms with Crippen molar-refractivity contribution in [2.45, 2.75) is 20.0 Å². The number of rotatable bonds is 3. The van der Waals surface area contributed by atoms with E-state index < -0.39 is 17.6 Å². The van der Waals surface area contributed by atoms with E-state index in [0.29, 0.717) is 15.9 Å². The second kappa shape index (κ2) is 7.15. The van der Waals surface area contributed by atoms with Gasteiger partial charge in [-0.3, -0.25) is 9.78 Å². The molecule has 27 heavy (non-hydrogen) atoms. The van der Waals surface area contributed by atoms with Gasteiger partial charge in [0.15, 0.2) is 0 Å². The number of pyridine rings is 1. The molecular formula is C18H14BrF3N4O. The van der Waals surface area contributed by atoms with E-state index in [4.69, 9.17) is 0 Å². The lowest BCUT2D eigenvalue weighted by Gasteiger charge is -2.15. The van der Waals surface area contributed by atoms with Gasteiger partial charge in [0.25, 0.3) is 5.91 Å². The van der Waals surface area contributed by atoms with Gasteiger partial charge < -0.3 is 5.32 Å². The number of halogens is 4. The molecule has 0 aliphatic carbocycles. The number of carbonyl (C=O) groups excluding carboxylic acids is 1. The van der Waals surface area contributed by atoms with E-state index in [1.165, 1.54) is 29.2 Å². The molecule has 0 atom stereocenters. The molecule has 3 rings (SSSR count). The van der Waals surface area contributed by atoms with Gasteiger partial charge in [0.1, 0.15) is 0 Å². The molecule has 0 bridgehead atoms. The molecule has 0 radical (unpaired) electrons. The summed E-state index contributed by atoms with van der Waals surface area (Å²) in [5, 5.41) is 6.83. The number of hydrogen-bond acceptors (Lipinski definition) is 3. The molecule has 3 aromatic rings. The highest BCUT2D eigenvalue weighted by molar-refractivity contribution is 9.10. The molecule has 1 N–H and O–H groups in total. The standard InChI is InChI=1S/C18H14BrF3N4O/c1-10-5-11(2)26(25-10)16-4-3-13(18(20,21)22)7-15(16)24-17(27)12-6-14(19)9-23-8-12/h3-9H,1-2H3,(H,24,27). The summed E-state index contributed by atoms with van der Waals surface area (Å²) in [4.78, 5) is 16.4. The van der Waals surface area contributed by atoms with Crippen LogP contribution in [0.5, 0.6) is 0 Å². The summed E-state index contributed by atoms with van der Waals surface area (Å²) in [7, 11) is 0. The number of alkyl halides is 3. The molecule has 1 amide bonds. The van der Waals surface area contributed by atoms with Crippen molar-refractivity contribution in [3.8, 4) is 5.69 Å². The van der Waals surface area contributed by atoms with E-state index in [0.717, 1.165) is 17.8 Å². The smallest absolute Gasteiger partial charge is 0.320 e. The number of anilines is 1. The number of benzene rings is 1. The molecule has 0 saturated heterocycles. The van der Waals surface area contributed by atoms with Crippen LogP contribution in [0.4, 0.5) is 18.9 Å². The average molecular weight is 439 g/mol. The normalized spacial score (nSPS) is 11.5. The Balaban J connectivity index is 2.07. The monoisotopic (exact) mass is 438 g/mol. The van der Waals surface area contributed by atoms with E-state index in [-0.39, 0.29) is 11.3 Å². The van der Waals surface area contributed by atoms with Gasteiger partial charge >= 0.3 is 6.18 Å². The second-order valence-corrected chi connectivity index (χ2v) is 6.83. The average Bonchev–Trinajstić information content (AvgIpc) is 2.92. The first-order valence-corrected chi connectivity index (χ1v) is 8.61. The number of amides is 1. The molecule has 0 aliphatic rings. The molecule has 0 fully saturated rings. The lowest BCUT2D eigenvalue weighted by atomic mass is 10.1. The van der Waals surface area contributed by atoms with Crippen molar-refractivity contribution >= 4 is 27.5 Å². The molecule has 1 aromatic carbocycles. The minimum Gasteiger partial charge on any atom is -0.320 e. The number of nitrogens with zero attached hydrogens (tertiary/aromatic N) is 3. The van der Waals surface area contributed by atoms with Crippen LogP contribution in [0.3, 0.4) is 0 Å². The highest BCUT2D eigenvalue weighted by Crippen LogP contribution is 2.34. The third-order valence-corrected chi connectivity index (χ3v) is 4.21. The van der Waals surface area contributed by atoms with Gasteiger partial charge in [0.05, 0.1) is 28.2 Å². The van der Waals surface area contributed by atoms with Crippen molar-refractivity contribution < 1.29 is 18.0 Å². The Hall–Kier alpha value is -2.68. The fraction of sp³-hybridized carbons (Fsp3) is 0.167. The zero-order valence-electron chi connectivity index (χ0n) is 14.3. The number of hydrogen-bond donors (Lipinski definition) is 1. The summed E-state index contributed by atoms with van der Waals surface area (Å²) in [5.74, 6) is -0.578. The molecule has 9 heteroatoms. The third kappa shape index (κ3) is 4.19. The lowest BCUT2D eigenvalue weighted by Crippen LogP contribution is -2.16. The molecule has 140 valence electrons. The Labute approximate surface area is 161 Å². The Bertz CT molecular complexity index is 1010. The molecule has 2 heterocycles. The quantitative estimate of drug-likeness (QED) is 0.631. The van der Waals surface area contributed by atoms with Crippen molar-refractivity contribution in [3.63, 3.8) is 0 Å². The molecule has 0 saturated carbocycles. The van der Waals surface area contributed by atoms with Crippen LogP contribution >= 0.6 is 15.9 Å². The first-order valence-electron chi connectivity index (χ1n) is 7.82. The van der Waals surface area contributed by atoms with E-state index >= 15 is 0 Å². The van der Waals surface area contributed by atoms with E-state index in [2.05, 4.69) is 31.3 Å². The van der Waals surface area contributed by atoms with Crippen LogP contribution in [0.25, 0.3) is 5.69 Å². The maximum absolute atomic E-state index is 13.1. The first kappa shape index (κ1) is 19.1. The number of nitrogens with one attached hydrogen (secondary N) is 1. The Morgan fingerprint density at radius 2 is 1.89 bits per heavy atom. The summed E-state index contributed by atoms with van der Waals surface area (Å²) in [6, 6.07) is 6.47. The minimum atomic E-state index is -4.54. The SMILES string of the molecule is Cc1cc(C)n(-c2ccc(C(F)(F)F)cc2NC(=O)c2cncc(Br)c2)n1. The van der Waals surface area contributed by atoms with E-state index in [1.54, 1.807) is 19.9 Å². The topological polar surface area (TPSA) is 59.8 Å². The molecule has 0 aliphatic heterocycles. The Morgan fingerprint density at radius 1 is 1.15 bits per heavy atom. The van der Waals surface area contributed by atoms with Crippen LogP contribution in [0.2, 0.25) is 0 Å². The summed E-state index contributed by atoms with van der Waals surface area (Å²) < 4.78 is 41.5. The van der Waals surface area contributed by atoms with Gasteiger partial charge in [0, 0.05) is 22.6 Å². The predicted octanol–water partition coefficient (Wildman–Crippen LogP) is 4.92. The van der Waals surface area contributed by atoms with Crippen LogP contribution in [-0.2, 0) is 6.18 Å². The maximum atomic E-state index is 13.1. The zero-order valence-corrected chi connectivity index (χ0v) is 15.9. The highest BCUT2D eigenvalue weighted by Gasteiger charge is 2.31. The molecular weight excluding hydrogens is 425 g/mol. The van der Waals surface area contributed by atoms with E-state index in [9.17, 15) is 18.0 Å². The van der Waals surface area contributed by atoms with Gasteiger partial charge in [-0.05, 0) is 60.1 Å². The van der Waals surface area contributed by atoms with Gasteiger partial charge in [-0.15, -0.1) is 0 Å². The van der Waals surface area contributed by atoms with Crippen LogP contribution in [0.1, 0.15) is 27.3 Å². The van der Waals surface area contributed by atoms with E-state index in [1.807, 2.05) is 0 Å². The minimum absolute atomic E-state index is 0.000926. The number of aromatic nitrogens is 3. The second-order valence-electron chi connectivity index (χ2n) is 5.91. The zero-order chi connectivity index (χ0) is 19.8. The summed E-state index contributed by atoms with van der Waals surface area (Å²) >= 11 is 3.21. The van der Waals surface area contributed by atoms with Gasteiger partial charge in [-0.25, -0.2) is 4.68 Å². The van der Waals surface area contributed by atoms with Crippen molar-refractivity contribution in [2.75, 3.05) is 5.32 Å². The number of aryl methyl sites for hydroxylation is 2. The number of carbonyl (C=O) groups is 1. The van der Waals surface area contributed by atoms with Crippen molar-refractivity contribution in [1.82, 2.24) is 14.8 Å². The Kier molecular flexibility index (Phi) is 5.05. The molecule has 0 unspecified atom stereocenters. The van der Waals surface area contributed by atoms with Crippen LogP contribution < -0.4 is 5.32 Å². The Morgan fingerprint density at radius 3 is 2.48 bits per heavy atom. The van der Waals surface area contributed by atoms with Gasteiger partial charge in [-0.2, -0.15) is 18.3 Å². The molecule has 5 nitrogen and oxygen atoms in total. The predicted molar refractivity (Wildman–Crippen MR) is 97.9 cm³/mol. The van der Waals surface area contributed by atoms with Crippen molar-refractivity contribution in [3.05, 3.63) is 69.7 Å². The van der Waals surface area contributed by atoms with Crippen molar-refractivity contribution in [2.24, 2.45) is 0 Å². The fourth-order valence-corrected chi connectivity index (χ4v) is 2.97. The fourth-order valence-electron chi connectivity index (χ4n) is 2.60. The molecule has 2 aromatic heterocycles. The maximum Gasteiger partial charge on any atom is 0.416 e.